The van der Waals surface area contributed by atoms with Crippen LogP contribution in [-0.4, -0.2) is 91.1 Å². The van der Waals surface area contributed by atoms with Gasteiger partial charge in [-0.3, -0.25) is 28.8 Å². The smallest absolute Gasteiger partial charge is 0.321 e. The molecule has 0 amide bonds. The number of aliphatic hydroxyl groups is 1. The van der Waals surface area contributed by atoms with Crippen molar-refractivity contribution in [3.8, 4) is 0 Å². The van der Waals surface area contributed by atoms with Gasteiger partial charge in [0.2, 0.25) is 0 Å². The van der Waals surface area contributed by atoms with Crippen LogP contribution in [0.4, 0.5) is 0 Å². The molecule has 0 aromatic carbocycles. The van der Waals surface area contributed by atoms with E-state index in [4.69, 9.17) is 28.4 Å². The number of esters is 4. The molecule has 13 nitrogen and oxygen atoms in total. The van der Waals surface area contributed by atoms with Crippen LogP contribution in [0.5, 0.6) is 0 Å². The van der Waals surface area contributed by atoms with Gasteiger partial charge in [-0.2, -0.15) is 0 Å². The fourth-order valence-corrected chi connectivity index (χ4v) is 10.8. The maximum Gasteiger partial charge on any atom is 0.321 e. The van der Waals surface area contributed by atoms with Gasteiger partial charge in [-0.15, -0.1) is 0 Å². The molecule has 0 aromatic rings. The van der Waals surface area contributed by atoms with Crippen molar-refractivity contribution >= 4 is 36.1 Å². The van der Waals surface area contributed by atoms with E-state index in [9.17, 15) is 33.9 Å². The average Bonchev–Trinajstić information content (AvgIpc) is 3.76. The van der Waals surface area contributed by atoms with Crippen LogP contribution in [0.25, 0.3) is 0 Å². The molecule has 5 rings (SSSR count). The lowest BCUT2D eigenvalue weighted by atomic mass is 9.34. The molecule has 0 aromatic heterocycles. The molecule has 1 N–H and O–H groups in total. The van der Waals surface area contributed by atoms with Crippen LogP contribution in [-0.2, 0) is 57.2 Å². The first kappa shape index (κ1) is 34.3. The minimum Gasteiger partial charge on any atom is -0.468 e. The molecule has 5 aliphatic rings. The van der Waals surface area contributed by atoms with Crippen LogP contribution in [0.15, 0.2) is 0 Å². The Hall–Kier alpha value is -3.06. The van der Waals surface area contributed by atoms with Crippen LogP contribution in [0.1, 0.15) is 80.6 Å². The summed E-state index contributed by atoms with van der Waals surface area (Å²) in [7, 11) is 1.19. The van der Waals surface area contributed by atoms with Gasteiger partial charge in [-0.25, -0.2) is 0 Å². The van der Waals surface area contributed by atoms with Crippen LogP contribution < -0.4 is 0 Å². The zero-order valence-corrected chi connectivity index (χ0v) is 27.8. The number of rotatable bonds is 8. The van der Waals surface area contributed by atoms with E-state index in [0.29, 0.717) is 6.42 Å². The van der Waals surface area contributed by atoms with Crippen molar-refractivity contribution in [1.82, 2.24) is 0 Å². The minimum absolute atomic E-state index is 0.117. The second kappa shape index (κ2) is 11.3. The zero-order chi connectivity index (χ0) is 34.2. The molecule has 0 spiro atoms. The average molecular weight is 651 g/mol. The highest BCUT2D eigenvalue weighted by Gasteiger charge is 2.87. The van der Waals surface area contributed by atoms with Gasteiger partial charge in [0.1, 0.15) is 30.3 Å². The Morgan fingerprint density at radius 3 is 2.17 bits per heavy atom. The van der Waals surface area contributed by atoms with E-state index in [-0.39, 0.29) is 50.5 Å². The summed E-state index contributed by atoms with van der Waals surface area (Å²) in [6.07, 6.45) is -3.91. The number of epoxide rings is 1. The van der Waals surface area contributed by atoms with Gasteiger partial charge >= 0.3 is 23.9 Å². The number of methoxy groups -OCH3 is 1. The Morgan fingerprint density at radius 2 is 1.61 bits per heavy atom. The molecule has 256 valence electrons. The maximum absolute atomic E-state index is 14.9. The van der Waals surface area contributed by atoms with E-state index in [1.165, 1.54) is 27.9 Å². The predicted molar refractivity (Wildman–Crippen MR) is 155 cm³/mol. The van der Waals surface area contributed by atoms with E-state index in [1.54, 1.807) is 13.8 Å². The number of hydrogen-bond acceptors (Lipinski definition) is 13. The highest BCUT2D eigenvalue weighted by atomic mass is 16.6. The minimum atomic E-state index is -1.91. The number of ether oxygens (including phenoxy) is 6. The summed E-state index contributed by atoms with van der Waals surface area (Å²) in [4.78, 5) is 78.0. The number of carbonyl (C=O) groups is 6. The van der Waals surface area contributed by atoms with Gasteiger partial charge in [-0.05, 0) is 56.8 Å². The highest BCUT2D eigenvalue weighted by molar-refractivity contribution is 5.93. The molecule has 1 heterocycles. The van der Waals surface area contributed by atoms with Gasteiger partial charge in [0.15, 0.2) is 17.3 Å². The van der Waals surface area contributed by atoms with Crippen molar-refractivity contribution in [3.05, 3.63) is 0 Å². The number of fused-ring (bicyclic) bond motifs is 7. The Labute approximate surface area is 268 Å². The molecule has 1 aliphatic heterocycles. The fourth-order valence-electron chi connectivity index (χ4n) is 10.8. The van der Waals surface area contributed by atoms with Gasteiger partial charge in [0, 0.05) is 31.6 Å². The molecule has 13 atom stereocenters. The molecule has 46 heavy (non-hydrogen) atoms. The lowest BCUT2D eigenvalue weighted by Crippen LogP contribution is -2.82. The Kier molecular flexibility index (Phi) is 8.41. The number of carbonyl (C=O) groups excluding carboxylic acids is 6. The van der Waals surface area contributed by atoms with E-state index < -0.39 is 93.5 Å². The molecular formula is C33H46O13. The van der Waals surface area contributed by atoms with E-state index in [1.807, 2.05) is 13.8 Å². The normalized spacial score (nSPS) is 46.1. The molecule has 4 unspecified atom stereocenters. The number of ketones is 1. The van der Waals surface area contributed by atoms with E-state index in [0.717, 1.165) is 0 Å². The fraction of sp³-hybridized carbons (Fsp3) is 0.818. The van der Waals surface area contributed by atoms with Crippen LogP contribution >= 0.6 is 0 Å². The topological polar surface area (TPSA) is 181 Å². The molecule has 0 radical (unpaired) electrons. The van der Waals surface area contributed by atoms with Crippen LogP contribution in [0.2, 0.25) is 0 Å². The quantitative estimate of drug-likeness (QED) is 0.175. The molecule has 5 fully saturated rings. The first-order valence-corrected chi connectivity index (χ1v) is 16.0. The van der Waals surface area contributed by atoms with Crippen molar-refractivity contribution in [2.24, 2.45) is 39.4 Å². The van der Waals surface area contributed by atoms with Crippen molar-refractivity contribution in [2.75, 3.05) is 13.7 Å². The van der Waals surface area contributed by atoms with Gasteiger partial charge in [-0.1, -0.05) is 20.8 Å². The first-order valence-electron chi connectivity index (χ1n) is 16.0. The summed E-state index contributed by atoms with van der Waals surface area (Å²) < 4.78 is 34.2. The first-order chi connectivity index (χ1) is 21.4. The van der Waals surface area contributed by atoms with Gasteiger partial charge in [0.05, 0.1) is 18.8 Å². The molecule has 4 aliphatic carbocycles. The molecule has 0 bridgehead atoms. The Balaban J connectivity index is 1.73. The molecule has 4 saturated carbocycles. The largest absolute Gasteiger partial charge is 0.468 e. The third-order valence-electron chi connectivity index (χ3n) is 12.5. The second-order valence-electron chi connectivity index (χ2n) is 14.7. The Morgan fingerprint density at radius 1 is 1.00 bits per heavy atom. The Bertz CT molecular complexity index is 1330. The third-order valence-corrected chi connectivity index (χ3v) is 12.5. The van der Waals surface area contributed by atoms with Crippen molar-refractivity contribution in [3.63, 3.8) is 0 Å². The molecule has 1 saturated heterocycles. The zero-order valence-electron chi connectivity index (χ0n) is 27.8. The van der Waals surface area contributed by atoms with Crippen LogP contribution in [0.3, 0.4) is 0 Å². The van der Waals surface area contributed by atoms with Crippen molar-refractivity contribution in [2.45, 2.75) is 117 Å². The molecular weight excluding hydrogens is 604 g/mol. The SMILES string of the molecule is COC(=O)[C@]12[C@@H]3O[C@@H]3C(C)C[C@@]1(O)C1CC[C@@]3(C)C(=O)[C@@](COC=O)(C(C)OC(C)=O)CCC3[C@@]1(C)[C@H](OC(C)=O)[C@@H]2OC(C)=O. The summed E-state index contributed by atoms with van der Waals surface area (Å²) in [5, 5.41) is 13.1. The van der Waals surface area contributed by atoms with E-state index >= 15 is 0 Å². The van der Waals surface area contributed by atoms with Crippen LogP contribution in [0, 0.1) is 39.4 Å². The lowest BCUT2D eigenvalue weighted by molar-refractivity contribution is -0.325. The summed E-state index contributed by atoms with van der Waals surface area (Å²) in [5.41, 5.74) is -7.47. The summed E-state index contributed by atoms with van der Waals surface area (Å²) in [6, 6.07) is 0. The third kappa shape index (κ3) is 4.39. The van der Waals surface area contributed by atoms with Crippen molar-refractivity contribution in [1.29, 1.82) is 0 Å². The van der Waals surface area contributed by atoms with Gasteiger partial charge < -0.3 is 33.5 Å². The standard InChI is InChI=1S/C33H46O13/c1-16-13-32(40)22-9-11-29(6)21(10-12-31(27(29)38,14-42-15-34)17(2)43-18(3)35)30(22,7)25(44-19(4)36)26(45-20(5)37)33(32,28(39)41-8)24-23(16)46-24/h15-17,21-26,40H,9-14H2,1-8H3/t16?,17?,21?,22?,23-,24-,25-,26+,29-,30-,31+,32-,33-/m1/s1. The van der Waals surface area contributed by atoms with E-state index in [2.05, 4.69) is 0 Å². The van der Waals surface area contributed by atoms with Crippen molar-refractivity contribution < 1.29 is 62.3 Å². The summed E-state index contributed by atoms with van der Waals surface area (Å²) in [6.45, 7) is 10.7. The summed E-state index contributed by atoms with van der Waals surface area (Å²) in [5.74, 6) is -4.62. The lowest BCUT2D eigenvalue weighted by Gasteiger charge is -2.71. The monoisotopic (exact) mass is 650 g/mol. The maximum atomic E-state index is 14.9. The summed E-state index contributed by atoms with van der Waals surface area (Å²) >= 11 is 0. The number of hydrogen-bond donors (Lipinski definition) is 1. The highest BCUT2D eigenvalue weighted by Crippen LogP contribution is 2.75. The van der Waals surface area contributed by atoms with Gasteiger partial charge in [0.25, 0.3) is 6.47 Å². The molecule has 13 heteroatoms. The number of Topliss-reactive ketones (excluding diaryl/α,β-unsaturated/α-hetero) is 1. The second-order valence-corrected chi connectivity index (χ2v) is 14.7. The predicted octanol–water partition coefficient (Wildman–Crippen LogP) is 2.07.